The van der Waals surface area contributed by atoms with Gasteiger partial charge in [0.25, 0.3) is 5.91 Å². The Morgan fingerprint density at radius 3 is 2.06 bits per heavy atom. The van der Waals surface area contributed by atoms with Crippen LogP contribution in [0.3, 0.4) is 0 Å². The molecule has 0 unspecified atom stereocenters. The number of aryl methyl sites for hydroxylation is 1. The van der Waals surface area contributed by atoms with Crippen LogP contribution in [-0.2, 0) is 11.2 Å². The Labute approximate surface area is 202 Å². The van der Waals surface area contributed by atoms with Gasteiger partial charge in [-0.15, -0.1) is 0 Å². The molecule has 184 valence electrons. The second kappa shape index (κ2) is 12.9. The van der Waals surface area contributed by atoms with E-state index in [-0.39, 0.29) is 17.9 Å². The van der Waals surface area contributed by atoms with Crippen LogP contribution in [0.15, 0.2) is 42.5 Å². The van der Waals surface area contributed by atoms with Gasteiger partial charge in [-0.3, -0.25) is 9.59 Å². The Morgan fingerprint density at radius 2 is 1.50 bits per heavy atom. The maximum Gasteiger partial charge on any atom is 0.254 e. The van der Waals surface area contributed by atoms with E-state index in [1.54, 1.807) is 12.1 Å². The summed E-state index contributed by atoms with van der Waals surface area (Å²) < 4.78 is 17.2. The fraction of sp³-hybridized carbons (Fsp3) is 0.481. The Kier molecular flexibility index (Phi) is 9.62. The van der Waals surface area contributed by atoms with Crippen LogP contribution >= 0.6 is 0 Å². The maximum absolute atomic E-state index is 13.3. The minimum absolute atomic E-state index is 0.0582. The predicted molar refractivity (Wildman–Crippen MR) is 132 cm³/mol. The van der Waals surface area contributed by atoms with Crippen molar-refractivity contribution < 1.29 is 23.8 Å². The van der Waals surface area contributed by atoms with E-state index in [1.807, 2.05) is 56.0 Å². The van der Waals surface area contributed by atoms with Crippen molar-refractivity contribution in [3.05, 3.63) is 53.6 Å². The van der Waals surface area contributed by atoms with Crippen molar-refractivity contribution in [2.75, 3.05) is 32.9 Å². The minimum atomic E-state index is -0.0705. The first-order valence-corrected chi connectivity index (χ1v) is 12.2. The monoisotopic (exact) mass is 468 g/mol. The number of hydrogen-bond donors (Lipinski definition) is 1. The number of benzene rings is 2. The predicted octanol–water partition coefficient (Wildman–Crippen LogP) is 4.24. The molecule has 1 N–H and O–H groups in total. The van der Waals surface area contributed by atoms with Crippen LogP contribution in [-0.4, -0.2) is 55.7 Å². The molecule has 1 aliphatic heterocycles. The third kappa shape index (κ3) is 6.89. The molecule has 2 amide bonds. The van der Waals surface area contributed by atoms with E-state index >= 15 is 0 Å². The van der Waals surface area contributed by atoms with Gasteiger partial charge in [-0.1, -0.05) is 30.3 Å². The normalized spacial score (nSPS) is 13.9. The molecule has 0 radical (unpaired) electrons. The molecule has 1 saturated heterocycles. The fourth-order valence-corrected chi connectivity index (χ4v) is 4.12. The summed E-state index contributed by atoms with van der Waals surface area (Å²) in [7, 11) is 0. The number of nitrogens with zero attached hydrogens (tertiary/aromatic N) is 1. The molecule has 1 heterocycles. The van der Waals surface area contributed by atoms with Crippen molar-refractivity contribution in [3.63, 3.8) is 0 Å². The highest BCUT2D eigenvalue weighted by molar-refractivity contribution is 5.95. The molecule has 1 fully saturated rings. The lowest BCUT2D eigenvalue weighted by atomic mass is 10.0. The van der Waals surface area contributed by atoms with Gasteiger partial charge in [0.05, 0.1) is 19.8 Å². The van der Waals surface area contributed by atoms with Crippen molar-refractivity contribution in [1.29, 1.82) is 0 Å². The quantitative estimate of drug-likeness (QED) is 0.534. The van der Waals surface area contributed by atoms with Gasteiger partial charge >= 0.3 is 0 Å². The average molecular weight is 469 g/mol. The zero-order valence-electron chi connectivity index (χ0n) is 20.5. The lowest BCUT2D eigenvalue weighted by Gasteiger charge is -2.32. The Morgan fingerprint density at radius 1 is 0.912 bits per heavy atom. The SMILES string of the molecule is CCOc1cc(C(=O)N2CCC(NC(=O)CCc3ccccc3)CC2)cc(OCC)c1OCC. The molecule has 7 nitrogen and oxygen atoms in total. The first-order chi connectivity index (χ1) is 16.5. The summed E-state index contributed by atoms with van der Waals surface area (Å²) >= 11 is 0. The Hall–Kier alpha value is -3.22. The molecule has 2 aromatic carbocycles. The Balaban J connectivity index is 1.58. The molecule has 0 saturated carbocycles. The second-order valence-corrected chi connectivity index (χ2v) is 8.22. The van der Waals surface area contributed by atoms with Crippen molar-refractivity contribution in [1.82, 2.24) is 10.2 Å². The molecule has 0 atom stereocenters. The number of hydrogen-bond acceptors (Lipinski definition) is 5. The molecule has 3 rings (SSSR count). The van der Waals surface area contributed by atoms with Crippen LogP contribution < -0.4 is 19.5 Å². The highest BCUT2D eigenvalue weighted by Crippen LogP contribution is 2.39. The topological polar surface area (TPSA) is 77.1 Å². The third-order valence-corrected chi connectivity index (χ3v) is 5.79. The maximum atomic E-state index is 13.3. The summed E-state index contributed by atoms with van der Waals surface area (Å²) in [6.07, 6.45) is 2.66. The highest BCUT2D eigenvalue weighted by atomic mass is 16.5. The van der Waals surface area contributed by atoms with E-state index in [9.17, 15) is 9.59 Å². The summed E-state index contributed by atoms with van der Waals surface area (Å²) in [5, 5.41) is 3.13. The van der Waals surface area contributed by atoms with Crippen molar-refractivity contribution in [3.8, 4) is 17.2 Å². The summed E-state index contributed by atoms with van der Waals surface area (Å²) in [4.78, 5) is 27.5. The van der Waals surface area contributed by atoms with Gasteiger partial charge in [0, 0.05) is 31.1 Å². The molecule has 0 bridgehead atoms. The van der Waals surface area contributed by atoms with Gasteiger partial charge in [-0.25, -0.2) is 0 Å². The van der Waals surface area contributed by atoms with E-state index in [1.165, 1.54) is 0 Å². The molecular weight excluding hydrogens is 432 g/mol. The molecule has 0 spiro atoms. The number of nitrogens with one attached hydrogen (secondary N) is 1. The van der Waals surface area contributed by atoms with Gasteiger partial charge in [0.1, 0.15) is 0 Å². The zero-order chi connectivity index (χ0) is 24.3. The summed E-state index contributed by atoms with van der Waals surface area (Å²) in [5.41, 5.74) is 1.67. The number of carbonyl (C=O) groups excluding carboxylic acids is 2. The minimum Gasteiger partial charge on any atom is -0.490 e. The summed E-state index contributed by atoms with van der Waals surface area (Å²) in [6, 6.07) is 13.6. The van der Waals surface area contributed by atoms with Crippen LogP contribution in [0.1, 0.15) is 56.0 Å². The smallest absolute Gasteiger partial charge is 0.254 e. The lowest BCUT2D eigenvalue weighted by Crippen LogP contribution is -2.46. The van der Waals surface area contributed by atoms with Crippen LogP contribution in [0.5, 0.6) is 17.2 Å². The number of likely N-dealkylation sites (tertiary alicyclic amines) is 1. The van der Waals surface area contributed by atoms with Gasteiger partial charge in [0.2, 0.25) is 11.7 Å². The molecule has 34 heavy (non-hydrogen) atoms. The molecule has 0 aliphatic carbocycles. The largest absolute Gasteiger partial charge is 0.490 e. The Bertz CT molecular complexity index is 912. The molecule has 0 aromatic heterocycles. The molecule has 7 heteroatoms. The second-order valence-electron chi connectivity index (χ2n) is 8.22. The van der Waals surface area contributed by atoms with Gasteiger partial charge in [-0.05, 0) is 57.7 Å². The number of amides is 2. The highest BCUT2D eigenvalue weighted by Gasteiger charge is 2.26. The lowest BCUT2D eigenvalue weighted by molar-refractivity contribution is -0.122. The van der Waals surface area contributed by atoms with Gasteiger partial charge in [-0.2, -0.15) is 0 Å². The van der Waals surface area contributed by atoms with Crippen LogP contribution in [0.4, 0.5) is 0 Å². The zero-order valence-corrected chi connectivity index (χ0v) is 20.5. The number of piperidine rings is 1. The average Bonchev–Trinajstić information content (AvgIpc) is 2.85. The summed E-state index contributed by atoms with van der Waals surface area (Å²) in [5.74, 6) is 1.54. The number of carbonyl (C=O) groups is 2. The van der Waals surface area contributed by atoms with E-state index in [4.69, 9.17) is 14.2 Å². The van der Waals surface area contributed by atoms with E-state index in [2.05, 4.69) is 5.32 Å². The van der Waals surface area contributed by atoms with Gasteiger partial charge < -0.3 is 24.4 Å². The van der Waals surface area contributed by atoms with E-state index < -0.39 is 0 Å². The van der Waals surface area contributed by atoms with Crippen molar-refractivity contribution in [2.24, 2.45) is 0 Å². The standard InChI is InChI=1S/C27H36N2O5/c1-4-32-23-18-21(19-24(33-5-2)26(23)34-6-3)27(31)29-16-14-22(15-17-29)28-25(30)13-12-20-10-8-7-9-11-20/h7-11,18-19,22H,4-6,12-17H2,1-3H3,(H,28,30). The van der Waals surface area contributed by atoms with Crippen LogP contribution in [0.25, 0.3) is 0 Å². The van der Waals surface area contributed by atoms with Gasteiger partial charge in [0.15, 0.2) is 11.5 Å². The summed E-state index contributed by atoms with van der Waals surface area (Å²) in [6.45, 7) is 8.24. The third-order valence-electron chi connectivity index (χ3n) is 5.79. The van der Waals surface area contributed by atoms with Crippen LogP contribution in [0.2, 0.25) is 0 Å². The molecular formula is C27H36N2O5. The van der Waals surface area contributed by atoms with E-state index in [0.29, 0.717) is 62.1 Å². The van der Waals surface area contributed by atoms with Crippen LogP contribution in [0, 0.1) is 0 Å². The number of rotatable bonds is 11. The first-order valence-electron chi connectivity index (χ1n) is 12.2. The van der Waals surface area contributed by atoms with E-state index in [0.717, 1.165) is 24.8 Å². The first kappa shape index (κ1) is 25.4. The molecule has 1 aliphatic rings. The number of ether oxygens (including phenoxy) is 3. The van der Waals surface area contributed by atoms with Crippen molar-refractivity contribution >= 4 is 11.8 Å². The van der Waals surface area contributed by atoms with Crippen molar-refractivity contribution in [2.45, 2.75) is 52.5 Å². The molecule has 2 aromatic rings. The fourth-order valence-electron chi connectivity index (χ4n) is 4.12.